The third-order valence-corrected chi connectivity index (χ3v) is 4.85. The first-order valence-electron chi connectivity index (χ1n) is 8.72. The van der Waals surface area contributed by atoms with Crippen molar-refractivity contribution in [1.82, 2.24) is 9.88 Å². The number of methoxy groups -OCH3 is 1. The van der Waals surface area contributed by atoms with Crippen molar-refractivity contribution in [2.24, 2.45) is 0 Å². The number of aromatic nitrogens is 1. The Morgan fingerprint density at radius 3 is 2.84 bits per heavy atom. The lowest BCUT2D eigenvalue weighted by atomic mass is 10.0. The summed E-state index contributed by atoms with van der Waals surface area (Å²) in [6.45, 7) is 1.81. The molecule has 0 bridgehead atoms. The van der Waals surface area contributed by atoms with Crippen molar-refractivity contribution in [2.75, 3.05) is 32.1 Å². The van der Waals surface area contributed by atoms with Gasteiger partial charge in [-0.1, -0.05) is 24.3 Å². The average molecular weight is 339 g/mol. The molecule has 0 N–H and O–H groups in total. The highest BCUT2D eigenvalue weighted by atomic mass is 16.5. The Bertz CT molecular complexity index is 705. The van der Waals surface area contributed by atoms with Crippen LogP contribution < -0.4 is 9.64 Å². The van der Waals surface area contributed by atoms with Gasteiger partial charge < -0.3 is 14.5 Å². The molecule has 1 aromatic heterocycles. The zero-order valence-electron chi connectivity index (χ0n) is 14.9. The fourth-order valence-electron chi connectivity index (χ4n) is 3.36. The monoisotopic (exact) mass is 339 g/mol. The van der Waals surface area contributed by atoms with Crippen LogP contribution in [0.2, 0.25) is 0 Å². The summed E-state index contributed by atoms with van der Waals surface area (Å²) in [6.07, 6.45) is 4.26. The first kappa shape index (κ1) is 17.3. The topological polar surface area (TPSA) is 45.7 Å². The number of amides is 1. The second-order valence-corrected chi connectivity index (χ2v) is 6.42. The number of rotatable bonds is 5. The number of carbonyl (C=O) groups is 1. The molecule has 0 radical (unpaired) electrons. The molecule has 2 aromatic rings. The Morgan fingerprint density at radius 2 is 2.08 bits per heavy atom. The van der Waals surface area contributed by atoms with Crippen LogP contribution in [-0.2, 0) is 11.2 Å². The lowest BCUT2D eigenvalue weighted by molar-refractivity contribution is -0.131. The predicted molar refractivity (Wildman–Crippen MR) is 98.9 cm³/mol. The molecule has 132 valence electrons. The number of hydrogen-bond acceptors (Lipinski definition) is 4. The average Bonchev–Trinajstić information content (AvgIpc) is 2.68. The van der Waals surface area contributed by atoms with E-state index in [0.717, 1.165) is 43.1 Å². The highest BCUT2D eigenvalue weighted by Crippen LogP contribution is 2.22. The van der Waals surface area contributed by atoms with Gasteiger partial charge in [0.15, 0.2) is 0 Å². The molecule has 1 aliphatic rings. The summed E-state index contributed by atoms with van der Waals surface area (Å²) in [5, 5.41) is 0. The number of pyridine rings is 1. The molecule has 0 aliphatic carbocycles. The Morgan fingerprint density at radius 1 is 1.28 bits per heavy atom. The normalized spacial score (nSPS) is 17.2. The van der Waals surface area contributed by atoms with Gasteiger partial charge in [0.05, 0.1) is 13.5 Å². The highest BCUT2D eigenvalue weighted by molar-refractivity contribution is 5.79. The molecule has 1 fully saturated rings. The number of ether oxygens (including phenoxy) is 1. The SMILES string of the molecule is COc1ccccc1CC(=O)N(C)[C@@H]1CCCN(c2ccccn2)C1. The van der Waals surface area contributed by atoms with E-state index in [-0.39, 0.29) is 11.9 Å². The number of piperidine rings is 1. The van der Waals surface area contributed by atoms with Crippen LogP contribution in [-0.4, -0.2) is 49.1 Å². The molecule has 25 heavy (non-hydrogen) atoms. The van der Waals surface area contributed by atoms with Crippen molar-refractivity contribution in [3.05, 3.63) is 54.2 Å². The van der Waals surface area contributed by atoms with Crippen molar-refractivity contribution in [1.29, 1.82) is 0 Å². The largest absolute Gasteiger partial charge is 0.496 e. The van der Waals surface area contributed by atoms with Crippen LogP contribution in [0.15, 0.2) is 48.7 Å². The van der Waals surface area contributed by atoms with Crippen molar-refractivity contribution >= 4 is 11.7 Å². The van der Waals surface area contributed by atoms with Crippen LogP contribution in [0, 0.1) is 0 Å². The van der Waals surface area contributed by atoms with Crippen molar-refractivity contribution < 1.29 is 9.53 Å². The van der Waals surface area contributed by atoms with Gasteiger partial charge in [0.25, 0.3) is 0 Å². The van der Waals surface area contributed by atoms with Gasteiger partial charge in [-0.3, -0.25) is 4.79 Å². The molecular weight excluding hydrogens is 314 g/mol. The number of hydrogen-bond donors (Lipinski definition) is 0. The van der Waals surface area contributed by atoms with E-state index in [4.69, 9.17) is 4.74 Å². The van der Waals surface area contributed by atoms with Crippen LogP contribution in [0.25, 0.3) is 0 Å². The number of likely N-dealkylation sites (N-methyl/N-ethyl adjacent to an activating group) is 1. The van der Waals surface area contributed by atoms with Gasteiger partial charge in [-0.2, -0.15) is 0 Å². The summed E-state index contributed by atoms with van der Waals surface area (Å²) in [4.78, 5) is 21.4. The molecule has 5 nitrogen and oxygen atoms in total. The number of para-hydroxylation sites is 1. The first-order chi connectivity index (χ1) is 12.2. The second-order valence-electron chi connectivity index (χ2n) is 6.42. The van der Waals surface area contributed by atoms with Gasteiger partial charge >= 0.3 is 0 Å². The molecular formula is C20H25N3O2. The van der Waals surface area contributed by atoms with E-state index < -0.39 is 0 Å². The van der Waals surface area contributed by atoms with Crippen molar-refractivity contribution in [2.45, 2.75) is 25.3 Å². The van der Waals surface area contributed by atoms with Gasteiger partial charge in [0, 0.05) is 37.9 Å². The highest BCUT2D eigenvalue weighted by Gasteiger charge is 2.27. The van der Waals surface area contributed by atoms with Crippen molar-refractivity contribution in [3.63, 3.8) is 0 Å². The quantitative estimate of drug-likeness (QED) is 0.840. The minimum atomic E-state index is 0.123. The smallest absolute Gasteiger partial charge is 0.227 e. The fourth-order valence-corrected chi connectivity index (χ4v) is 3.36. The number of anilines is 1. The van der Waals surface area contributed by atoms with Crippen LogP contribution in [0.1, 0.15) is 18.4 Å². The Hall–Kier alpha value is -2.56. The van der Waals surface area contributed by atoms with Gasteiger partial charge in [-0.05, 0) is 31.0 Å². The summed E-state index contributed by atoms with van der Waals surface area (Å²) < 4.78 is 5.36. The molecule has 2 heterocycles. The zero-order valence-corrected chi connectivity index (χ0v) is 14.9. The first-order valence-corrected chi connectivity index (χ1v) is 8.72. The molecule has 0 spiro atoms. The molecule has 1 aromatic carbocycles. The third kappa shape index (κ3) is 4.10. The number of nitrogens with zero attached hydrogens (tertiary/aromatic N) is 3. The minimum absolute atomic E-state index is 0.123. The standard InChI is InChI=1S/C20H25N3O2/c1-22(20(24)14-16-8-3-4-10-18(16)25-2)17-9-7-13-23(15-17)19-11-5-6-12-21-19/h3-6,8,10-12,17H,7,9,13-15H2,1-2H3/t17-/m1/s1. The molecule has 1 aliphatic heterocycles. The van der Waals surface area contributed by atoms with E-state index >= 15 is 0 Å². The molecule has 1 atom stereocenters. The summed E-state index contributed by atoms with van der Waals surface area (Å²) in [7, 11) is 3.54. The molecule has 0 unspecified atom stereocenters. The van der Waals surface area contributed by atoms with Crippen LogP contribution >= 0.6 is 0 Å². The minimum Gasteiger partial charge on any atom is -0.496 e. The van der Waals surface area contributed by atoms with E-state index in [1.54, 1.807) is 7.11 Å². The van der Waals surface area contributed by atoms with E-state index in [2.05, 4.69) is 9.88 Å². The second kappa shape index (κ2) is 8.01. The van der Waals surface area contributed by atoms with E-state index in [0.29, 0.717) is 6.42 Å². The van der Waals surface area contributed by atoms with Gasteiger partial charge in [-0.15, -0.1) is 0 Å². The maximum absolute atomic E-state index is 12.8. The lowest BCUT2D eigenvalue weighted by Crippen LogP contribution is -2.49. The predicted octanol–water partition coefficient (Wildman–Crippen LogP) is 2.76. The van der Waals surface area contributed by atoms with Crippen molar-refractivity contribution in [3.8, 4) is 5.75 Å². The summed E-state index contributed by atoms with van der Waals surface area (Å²) >= 11 is 0. The van der Waals surface area contributed by atoms with Gasteiger partial charge in [0.1, 0.15) is 11.6 Å². The summed E-state index contributed by atoms with van der Waals surface area (Å²) in [5.41, 5.74) is 0.930. The maximum Gasteiger partial charge on any atom is 0.227 e. The fraction of sp³-hybridized carbons (Fsp3) is 0.400. The van der Waals surface area contributed by atoms with E-state index in [9.17, 15) is 4.79 Å². The van der Waals surface area contributed by atoms with Gasteiger partial charge in [0.2, 0.25) is 5.91 Å². The molecule has 5 heteroatoms. The Labute approximate surface area is 149 Å². The third-order valence-electron chi connectivity index (χ3n) is 4.85. The Kier molecular flexibility index (Phi) is 5.53. The Balaban J connectivity index is 1.65. The maximum atomic E-state index is 12.8. The lowest BCUT2D eigenvalue weighted by Gasteiger charge is -2.38. The summed E-state index contributed by atoms with van der Waals surface area (Å²) in [6, 6.07) is 13.9. The van der Waals surface area contributed by atoms with E-state index in [1.807, 2.05) is 60.6 Å². The number of carbonyl (C=O) groups excluding carboxylic acids is 1. The van der Waals surface area contributed by atoms with Crippen LogP contribution in [0.5, 0.6) is 5.75 Å². The van der Waals surface area contributed by atoms with Crippen LogP contribution in [0.4, 0.5) is 5.82 Å². The molecule has 1 amide bonds. The molecule has 0 saturated carbocycles. The van der Waals surface area contributed by atoms with E-state index in [1.165, 1.54) is 0 Å². The van der Waals surface area contributed by atoms with Crippen LogP contribution in [0.3, 0.4) is 0 Å². The zero-order chi connectivity index (χ0) is 17.6. The summed E-state index contributed by atoms with van der Waals surface area (Å²) in [5.74, 6) is 1.87. The molecule has 3 rings (SSSR count). The number of benzene rings is 1. The van der Waals surface area contributed by atoms with Gasteiger partial charge in [-0.25, -0.2) is 4.98 Å². The molecule has 1 saturated heterocycles.